The summed E-state index contributed by atoms with van der Waals surface area (Å²) in [6, 6.07) is 0. The molecule has 0 spiro atoms. The van der Waals surface area contributed by atoms with Crippen LogP contribution in [0.1, 0.15) is 54.4 Å². The molecule has 0 aliphatic rings. The van der Waals surface area contributed by atoms with Gasteiger partial charge in [-0.05, 0) is 37.5 Å². The molecule has 0 heterocycles. The van der Waals surface area contributed by atoms with Crippen LogP contribution in [0.2, 0.25) is 0 Å². The molecule has 0 aromatic rings. The van der Waals surface area contributed by atoms with Crippen LogP contribution >= 0.6 is 11.6 Å². The second kappa shape index (κ2) is 5.24. The largest absolute Gasteiger partial charge is 0.120 e. The van der Waals surface area contributed by atoms with Crippen LogP contribution in [-0.4, -0.2) is 4.87 Å². The van der Waals surface area contributed by atoms with E-state index < -0.39 is 0 Å². The van der Waals surface area contributed by atoms with Crippen molar-refractivity contribution in [3.8, 4) is 0 Å². The maximum atomic E-state index is 6.36. The highest BCUT2D eigenvalue weighted by molar-refractivity contribution is 6.23. The summed E-state index contributed by atoms with van der Waals surface area (Å²) in [4.78, 5) is 0.00255. The third kappa shape index (κ3) is 4.90. The smallest absolute Gasteiger partial charge is 0.0418 e. The molecule has 0 saturated heterocycles. The van der Waals surface area contributed by atoms with Gasteiger partial charge in [0.05, 0.1) is 0 Å². The zero-order valence-electron chi connectivity index (χ0n) is 10.0. The van der Waals surface area contributed by atoms with Crippen LogP contribution in [-0.2, 0) is 0 Å². The first-order chi connectivity index (χ1) is 5.80. The summed E-state index contributed by atoms with van der Waals surface area (Å²) in [5, 5.41) is 0. The van der Waals surface area contributed by atoms with Gasteiger partial charge in [-0.3, -0.25) is 0 Å². The maximum absolute atomic E-state index is 6.36. The maximum Gasteiger partial charge on any atom is 0.0418 e. The Morgan fingerprint density at radius 3 is 1.92 bits per heavy atom. The Bertz CT molecular complexity index is 138. The van der Waals surface area contributed by atoms with E-state index in [-0.39, 0.29) is 4.87 Å². The SMILES string of the molecule is CCC(C)(Cl)CC(C)C(C)C(C)C. The highest BCUT2D eigenvalue weighted by atomic mass is 35.5. The van der Waals surface area contributed by atoms with Crippen molar-refractivity contribution in [3.63, 3.8) is 0 Å². The van der Waals surface area contributed by atoms with E-state index in [2.05, 4.69) is 41.5 Å². The molecule has 3 unspecified atom stereocenters. The van der Waals surface area contributed by atoms with Gasteiger partial charge in [-0.15, -0.1) is 11.6 Å². The molecule has 0 saturated carbocycles. The minimum absolute atomic E-state index is 0.00255. The van der Waals surface area contributed by atoms with Crippen molar-refractivity contribution in [2.24, 2.45) is 17.8 Å². The molecule has 1 heteroatoms. The van der Waals surface area contributed by atoms with E-state index in [1.54, 1.807) is 0 Å². The molecule has 0 nitrogen and oxygen atoms in total. The zero-order chi connectivity index (χ0) is 10.6. The first kappa shape index (κ1) is 13.3. The third-order valence-corrected chi connectivity index (χ3v) is 3.86. The Morgan fingerprint density at radius 2 is 1.62 bits per heavy atom. The van der Waals surface area contributed by atoms with E-state index in [9.17, 15) is 0 Å². The molecule has 0 bridgehead atoms. The molecule has 0 amide bonds. The predicted octanol–water partition coefficient (Wildman–Crippen LogP) is 4.71. The van der Waals surface area contributed by atoms with Crippen molar-refractivity contribution < 1.29 is 0 Å². The Balaban J connectivity index is 4.06. The number of hydrogen-bond donors (Lipinski definition) is 0. The fourth-order valence-electron chi connectivity index (χ4n) is 1.66. The van der Waals surface area contributed by atoms with Crippen LogP contribution in [0.4, 0.5) is 0 Å². The summed E-state index contributed by atoms with van der Waals surface area (Å²) in [6.07, 6.45) is 2.19. The Hall–Kier alpha value is 0.290. The van der Waals surface area contributed by atoms with Gasteiger partial charge in [0.15, 0.2) is 0 Å². The Morgan fingerprint density at radius 1 is 1.15 bits per heavy atom. The van der Waals surface area contributed by atoms with Crippen LogP contribution < -0.4 is 0 Å². The fourth-order valence-corrected chi connectivity index (χ4v) is 1.90. The summed E-state index contributed by atoms with van der Waals surface area (Å²) in [5.41, 5.74) is 0. The monoisotopic (exact) mass is 204 g/mol. The normalized spacial score (nSPS) is 21.2. The van der Waals surface area contributed by atoms with Gasteiger partial charge in [-0.1, -0.05) is 34.6 Å². The van der Waals surface area contributed by atoms with Gasteiger partial charge < -0.3 is 0 Å². The van der Waals surface area contributed by atoms with Gasteiger partial charge in [0.1, 0.15) is 0 Å². The Labute approximate surface area is 89.1 Å². The standard InChI is InChI=1S/C12H25Cl/c1-7-12(6,13)8-10(4)11(5)9(2)3/h9-11H,7-8H2,1-6H3. The minimum atomic E-state index is 0.00255. The highest BCUT2D eigenvalue weighted by Crippen LogP contribution is 2.33. The lowest BCUT2D eigenvalue weighted by molar-refractivity contribution is 0.259. The molecule has 0 aliphatic heterocycles. The third-order valence-electron chi connectivity index (χ3n) is 3.43. The van der Waals surface area contributed by atoms with Gasteiger partial charge in [-0.2, -0.15) is 0 Å². The average molecular weight is 205 g/mol. The minimum Gasteiger partial charge on any atom is -0.120 e. The molecular weight excluding hydrogens is 180 g/mol. The van der Waals surface area contributed by atoms with Crippen molar-refractivity contribution in [3.05, 3.63) is 0 Å². The van der Waals surface area contributed by atoms with Crippen LogP contribution in [0, 0.1) is 17.8 Å². The topological polar surface area (TPSA) is 0 Å². The van der Waals surface area contributed by atoms with E-state index in [4.69, 9.17) is 11.6 Å². The van der Waals surface area contributed by atoms with Gasteiger partial charge in [0.2, 0.25) is 0 Å². The summed E-state index contributed by atoms with van der Waals surface area (Å²) in [5.74, 6) is 2.26. The number of alkyl halides is 1. The van der Waals surface area contributed by atoms with Crippen molar-refractivity contribution in [1.29, 1.82) is 0 Å². The van der Waals surface area contributed by atoms with Gasteiger partial charge >= 0.3 is 0 Å². The second-order valence-corrected chi connectivity index (χ2v) is 5.96. The lowest BCUT2D eigenvalue weighted by Crippen LogP contribution is -2.24. The van der Waals surface area contributed by atoms with Crippen molar-refractivity contribution in [2.45, 2.75) is 59.3 Å². The van der Waals surface area contributed by atoms with E-state index in [0.29, 0.717) is 0 Å². The number of hydrogen-bond acceptors (Lipinski definition) is 0. The van der Waals surface area contributed by atoms with E-state index in [1.807, 2.05) is 0 Å². The molecule has 0 rings (SSSR count). The predicted molar refractivity (Wildman–Crippen MR) is 62.3 cm³/mol. The first-order valence-corrected chi connectivity index (χ1v) is 5.87. The van der Waals surface area contributed by atoms with Crippen molar-refractivity contribution in [2.75, 3.05) is 0 Å². The molecule has 3 atom stereocenters. The molecule has 0 fully saturated rings. The summed E-state index contributed by atoms with van der Waals surface area (Å²) < 4.78 is 0. The molecular formula is C12H25Cl. The van der Waals surface area contributed by atoms with Gasteiger partial charge in [0, 0.05) is 4.87 Å². The van der Waals surface area contributed by atoms with E-state index in [1.165, 1.54) is 0 Å². The lowest BCUT2D eigenvalue weighted by atomic mass is 9.80. The van der Waals surface area contributed by atoms with Crippen LogP contribution in [0.3, 0.4) is 0 Å². The molecule has 80 valence electrons. The summed E-state index contributed by atoms with van der Waals surface area (Å²) in [7, 11) is 0. The number of rotatable bonds is 5. The highest BCUT2D eigenvalue weighted by Gasteiger charge is 2.25. The quantitative estimate of drug-likeness (QED) is 0.569. The second-order valence-electron chi connectivity index (χ2n) is 5.05. The van der Waals surface area contributed by atoms with Crippen LogP contribution in [0.5, 0.6) is 0 Å². The first-order valence-electron chi connectivity index (χ1n) is 5.49. The molecule has 13 heavy (non-hydrogen) atoms. The number of halogens is 1. The van der Waals surface area contributed by atoms with Gasteiger partial charge in [0.25, 0.3) is 0 Å². The molecule has 0 radical (unpaired) electrons. The van der Waals surface area contributed by atoms with Crippen LogP contribution in [0.15, 0.2) is 0 Å². The molecule has 0 aliphatic carbocycles. The van der Waals surface area contributed by atoms with E-state index >= 15 is 0 Å². The summed E-state index contributed by atoms with van der Waals surface area (Å²) >= 11 is 6.36. The lowest BCUT2D eigenvalue weighted by Gasteiger charge is -2.30. The fraction of sp³-hybridized carbons (Fsp3) is 1.00. The molecule has 0 aromatic heterocycles. The zero-order valence-corrected chi connectivity index (χ0v) is 10.8. The van der Waals surface area contributed by atoms with E-state index in [0.717, 1.165) is 30.6 Å². The Kier molecular flexibility index (Phi) is 5.36. The van der Waals surface area contributed by atoms with Gasteiger partial charge in [-0.25, -0.2) is 0 Å². The average Bonchev–Trinajstić information content (AvgIpc) is 2.02. The van der Waals surface area contributed by atoms with Crippen molar-refractivity contribution in [1.82, 2.24) is 0 Å². The van der Waals surface area contributed by atoms with Crippen molar-refractivity contribution >= 4 is 11.6 Å². The summed E-state index contributed by atoms with van der Waals surface area (Å²) in [6.45, 7) is 13.5. The molecule has 0 N–H and O–H groups in total. The molecule has 0 aromatic carbocycles. The van der Waals surface area contributed by atoms with Crippen LogP contribution in [0.25, 0.3) is 0 Å².